The van der Waals surface area contributed by atoms with Crippen LogP contribution in [0.1, 0.15) is 27.7 Å². The second-order valence-corrected chi connectivity index (χ2v) is 9.17. The molecular weight excluding hydrogens is 431 g/mol. The fraction of sp³-hybridized carbons (Fsp3) is 0.273. The van der Waals surface area contributed by atoms with Gasteiger partial charge in [0, 0.05) is 27.6 Å². The molecule has 1 N–H and O–H groups in total. The highest BCUT2D eigenvalue weighted by atomic mass is 35.5. The van der Waals surface area contributed by atoms with Gasteiger partial charge in [0.05, 0.1) is 11.2 Å². The molecule has 0 saturated carbocycles. The summed E-state index contributed by atoms with van der Waals surface area (Å²) >= 11 is 6.06. The van der Waals surface area contributed by atoms with Crippen molar-refractivity contribution in [2.75, 3.05) is 0 Å². The number of hydrogen-bond acceptors (Lipinski definition) is 7. The molecule has 0 unspecified atom stereocenters. The van der Waals surface area contributed by atoms with E-state index in [0.717, 1.165) is 10.8 Å². The molecule has 10 heteroatoms. The fourth-order valence-electron chi connectivity index (χ4n) is 3.43. The summed E-state index contributed by atoms with van der Waals surface area (Å²) in [5.74, 6) is 0.367. The van der Waals surface area contributed by atoms with E-state index in [2.05, 4.69) is 20.1 Å². The third-order valence-corrected chi connectivity index (χ3v) is 6.24. The molecule has 0 aliphatic carbocycles. The van der Waals surface area contributed by atoms with E-state index in [1.807, 2.05) is 33.8 Å². The Bertz CT molecular complexity index is 1360. The molecule has 5 rings (SSSR count). The Morgan fingerprint density at radius 1 is 1.03 bits per heavy atom. The van der Waals surface area contributed by atoms with Gasteiger partial charge in [-0.25, -0.2) is 0 Å². The summed E-state index contributed by atoms with van der Waals surface area (Å²) in [6.07, 6.45) is 1.67. The van der Waals surface area contributed by atoms with Crippen molar-refractivity contribution in [1.29, 1.82) is 0 Å². The first-order valence-corrected chi connectivity index (χ1v) is 10.5. The van der Waals surface area contributed by atoms with Crippen molar-refractivity contribution in [3.63, 3.8) is 0 Å². The highest BCUT2D eigenvalue weighted by Crippen LogP contribution is 2.36. The van der Waals surface area contributed by atoms with Crippen molar-refractivity contribution in [3.05, 3.63) is 58.0 Å². The number of aromatic nitrogens is 4. The number of pyridine rings is 2. The maximum Gasteiger partial charge on any atom is 0.496 e. The van der Waals surface area contributed by atoms with E-state index in [-0.39, 0.29) is 22.8 Å². The third kappa shape index (κ3) is 3.52. The van der Waals surface area contributed by atoms with Crippen LogP contribution in [0.25, 0.3) is 33.9 Å². The van der Waals surface area contributed by atoms with Crippen LogP contribution in [-0.4, -0.2) is 38.4 Å². The minimum Gasteiger partial charge on any atom is -0.399 e. The predicted octanol–water partition coefficient (Wildman–Crippen LogP) is 3.59. The predicted molar refractivity (Wildman–Crippen MR) is 122 cm³/mol. The van der Waals surface area contributed by atoms with Gasteiger partial charge < -0.3 is 18.8 Å². The lowest BCUT2D eigenvalue weighted by Gasteiger charge is -2.32. The lowest BCUT2D eigenvalue weighted by Crippen LogP contribution is -2.41. The SMILES string of the molecule is CC1(C)OB(c2ccc(-c3noc(-c4cc5cc(Cl)ccc5[nH]c4=O)n3)nc2)OC1(C)C. The zero-order valence-electron chi connectivity index (χ0n) is 18.0. The van der Waals surface area contributed by atoms with Crippen LogP contribution in [0.2, 0.25) is 5.02 Å². The molecule has 1 fully saturated rings. The molecule has 0 radical (unpaired) electrons. The van der Waals surface area contributed by atoms with Crippen molar-refractivity contribution in [2.45, 2.75) is 38.9 Å². The third-order valence-electron chi connectivity index (χ3n) is 6.00. The van der Waals surface area contributed by atoms with Gasteiger partial charge in [0.1, 0.15) is 11.3 Å². The van der Waals surface area contributed by atoms with E-state index in [1.54, 1.807) is 36.5 Å². The summed E-state index contributed by atoms with van der Waals surface area (Å²) in [6, 6.07) is 10.5. The first-order chi connectivity index (χ1) is 15.1. The molecule has 0 amide bonds. The topological polar surface area (TPSA) is 103 Å². The Hall–Kier alpha value is -3.01. The fourth-order valence-corrected chi connectivity index (χ4v) is 3.61. The first-order valence-electron chi connectivity index (χ1n) is 10.1. The highest BCUT2D eigenvalue weighted by molar-refractivity contribution is 6.62. The van der Waals surface area contributed by atoms with Gasteiger partial charge in [0.2, 0.25) is 5.82 Å². The van der Waals surface area contributed by atoms with E-state index in [1.165, 1.54) is 0 Å². The lowest BCUT2D eigenvalue weighted by molar-refractivity contribution is 0.00578. The molecule has 32 heavy (non-hydrogen) atoms. The average molecular weight is 451 g/mol. The molecule has 1 saturated heterocycles. The summed E-state index contributed by atoms with van der Waals surface area (Å²) < 4.78 is 17.5. The van der Waals surface area contributed by atoms with E-state index in [0.29, 0.717) is 16.2 Å². The van der Waals surface area contributed by atoms with Crippen molar-refractivity contribution < 1.29 is 13.8 Å². The molecule has 0 bridgehead atoms. The van der Waals surface area contributed by atoms with Gasteiger partial charge in [0.25, 0.3) is 11.4 Å². The quantitative estimate of drug-likeness (QED) is 0.476. The summed E-state index contributed by atoms with van der Waals surface area (Å²) in [4.78, 5) is 24.1. The van der Waals surface area contributed by atoms with Gasteiger partial charge in [0.15, 0.2) is 0 Å². The zero-order chi connectivity index (χ0) is 22.7. The number of rotatable bonds is 3. The Morgan fingerprint density at radius 2 is 1.78 bits per heavy atom. The number of halogens is 1. The number of fused-ring (bicyclic) bond motifs is 1. The van der Waals surface area contributed by atoms with Crippen LogP contribution in [-0.2, 0) is 9.31 Å². The van der Waals surface area contributed by atoms with E-state index in [4.69, 9.17) is 25.4 Å². The molecule has 8 nitrogen and oxygen atoms in total. The smallest absolute Gasteiger partial charge is 0.399 e. The molecule has 162 valence electrons. The largest absolute Gasteiger partial charge is 0.496 e. The molecular formula is C22H20BClN4O4. The van der Waals surface area contributed by atoms with E-state index < -0.39 is 18.3 Å². The van der Waals surface area contributed by atoms with Crippen LogP contribution in [0.4, 0.5) is 0 Å². The standard InChI is InChI=1S/C22H20BClN4O4/c1-21(2)22(3,4)32-23(31-21)13-5-7-17(25-11-13)18-27-20(30-28-18)15-10-12-9-14(24)6-8-16(12)26-19(15)29/h5-11H,1-4H3,(H,26,29). The maximum absolute atomic E-state index is 12.5. The molecule has 0 spiro atoms. The van der Waals surface area contributed by atoms with Crippen LogP contribution in [0, 0.1) is 0 Å². The highest BCUT2D eigenvalue weighted by Gasteiger charge is 2.51. The molecule has 1 aromatic carbocycles. The van der Waals surface area contributed by atoms with Gasteiger partial charge in [-0.2, -0.15) is 4.98 Å². The maximum atomic E-state index is 12.5. The van der Waals surface area contributed by atoms with Gasteiger partial charge >= 0.3 is 7.12 Å². The summed E-state index contributed by atoms with van der Waals surface area (Å²) in [5.41, 5.74) is 1.01. The van der Waals surface area contributed by atoms with Crippen molar-refractivity contribution in [1.82, 2.24) is 20.1 Å². The minimum atomic E-state index is -0.509. The van der Waals surface area contributed by atoms with Gasteiger partial charge in [-0.05, 0) is 58.0 Å². The van der Waals surface area contributed by atoms with E-state index >= 15 is 0 Å². The van der Waals surface area contributed by atoms with Crippen LogP contribution in [0.3, 0.4) is 0 Å². The summed E-state index contributed by atoms with van der Waals surface area (Å²) in [5, 5.41) is 5.31. The number of H-pyrrole nitrogens is 1. The zero-order valence-corrected chi connectivity index (χ0v) is 18.7. The number of aromatic amines is 1. The molecule has 1 aliphatic rings. The van der Waals surface area contributed by atoms with Crippen LogP contribution >= 0.6 is 11.6 Å². The molecule has 4 heterocycles. The number of nitrogens with one attached hydrogen (secondary N) is 1. The lowest BCUT2D eigenvalue weighted by atomic mass is 9.80. The second kappa shape index (κ2) is 7.26. The molecule has 0 atom stereocenters. The van der Waals surface area contributed by atoms with Crippen LogP contribution in [0.5, 0.6) is 0 Å². The van der Waals surface area contributed by atoms with Crippen LogP contribution in [0.15, 0.2) is 51.9 Å². The monoisotopic (exact) mass is 450 g/mol. The minimum absolute atomic E-state index is 0.0972. The Morgan fingerprint density at radius 3 is 2.47 bits per heavy atom. The summed E-state index contributed by atoms with van der Waals surface area (Å²) in [7, 11) is -0.509. The van der Waals surface area contributed by atoms with Crippen molar-refractivity contribution in [3.8, 4) is 23.0 Å². The Balaban J connectivity index is 1.43. The van der Waals surface area contributed by atoms with Gasteiger partial charge in [-0.15, -0.1) is 0 Å². The Labute approximate surface area is 189 Å². The van der Waals surface area contributed by atoms with Crippen molar-refractivity contribution >= 4 is 35.1 Å². The number of nitrogens with zero attached hydrogens (tertiary/aromatic N) is 3. The second-order valence-electron chi connectivity index (χ2n) is 8.73. The van der Waals surface area contributed by atoms with Crippen molar-refractivity contribution in [2.24, 2.45) is 0 Å². The van der Waals surface area contributed by atoms with Crippen LogP contribution < -0.4 is 11.0 Å². The average Bonchev–Trinajstić information content (AvgIpc) is 3.30. The number of benzene rings is 1. The molecule has 4 aromatic rings. The Kier molecular flexibility index (Phi) is 4.74. The molecule has 1 aliphatic heterocycles. The van der Waals surface area contributed by atoms with E-state index in [9.17, 15) is 4.79 Å². The first kappa shape index (κ1) is 20.9. The molecule has 3 aromatic heterocycles. The van der Waals surface area contributed by atoms with Gasteiger partial charge in [-0.1, -0.05) is 22.8 Å². The number of hydrogen-bond donors (Lipinski definition) is 1. The van der Waals surface area contributed by atoms with Gasteiger partial charge in [-0.3, -0.25) is 9.78 Å². The normalized spacial score (nSPS) is 17.2. The summed E-state index contributed by atoms with van der Waals surface area (Å²) in [6.45, 7) is 7.99.